The van der Waals surface area contributed by atoms with Gasteiger partial charge >= 0.3 is 5.97 Å². The molecule has 8 nitrogen and oxygen atoms in total. The summed E-state index contributed by atoms with van der Waals surface area (Å²) in [5, 5.41) is 2.35. The van der Waals surface area contributed by atoms with Crippen LogP contribution in [0.1, 0.15) is 36.6 Å². The van der Waals surface area contributed by atoms with Crippen LogP contribution in [0.15, 0.2) is 78.9 Å². The second-order valence-electron chi connectivity index (χ2n) is 6.73. The number of nitrogens with one attached hydrogen (secondary N) is 3. The second kappa shape index (κ2) is 11.4. The Morgan fingerprint density at radius 3 is 1.97 bits per heavy atom. The summed E-state index contributed by atoms with van der Waals surface area (Å²) < 4.78 is 10.3. The molecular formula is C24H21N3O5S. The molecule has 3 rings (SSSR count). The fourth-order valence-corrected chi connectivity index (χ4v) is 2.85. The average Bonchev–Trinajstić information content (AvgIpc) is 2.86. The van der Waals surface area contributed by atoms with Crippen LogP contribution in [0, 0.1) is 0 Å². The molecule has 168 valence electrons. The smallest absolute Gasteiger partial charge is 0.337 e. The van der Waals surface area contributed by atoms with Gasteiger partial charge in [0, 0.05) is 11.1 Å². The van der Waals surface area contributed by atoms with E-state index in [4.69, 9.17) is 17.0 Å². The van der Waals surface area contributed by atoms with Gasteiger partial charge in [-0.15, -0.1) is 0 Å². The minimum atomic E-state index is -0.502. The summed E-state index contributed by atoms with van der Waals surface area (Å²) in [4.78, 5) is 36.0. The quantitative estimate of drug-likeness (QED) is 0.293. The van der Waals surface area contributed by atoms with Crippen LogP contribution in [0.2, 0.25) is 0 Å². The predicted molar refractivity (Wildman–Crippen MR) is 126 cm³/mol. The van der Waals surface area contributed by atoms with Crippen LogP contribution in [0.3, 0.4) is 0 Å². The molecular weight excluding hydrogens is 442 g/mol. The predicted octanol–water partition coefficient (Wildman–Crippen LogP) is 3.00. The topological polar surface area (TPSA) is 106 Å². The third-order valence-electron chi connectivity index (χ3n) is 4.45. The minimum Gasteiger partial charge on any atom is -0.489 e. The summed E-state index contributed by atoms with van der Waals surface area (Å²) in [5.74, 6) is -0.816. The van der Waals surface area contributed by atoms with Gasteiger partial charge in [-0.3, -0.25) is 25.8 Å². The zero-order valence-electron chi connectivity index (χ0n) is 17.7. The van der Waals surface area contributed by atoms with E-state index in [1.165, 1.54) is 31.4 Å². The number of hydrogen-bond donors (Lipinski definition) is 3. The maximum atomic E-state index is 12.3. The molecule has 3 N–H and O–H groups in total. The van der Waals surface area contributed by atoms with Gasteiger partial charge in [0.25, 0.3) is 11.8 Å². The summed E-state index contributed by atoms with van der Waals surface area (Å²) in [6.45, 7) is 0.424. The fraction of sp³-hybridized carbons (Fsp3) is 0.0833. The molecule has 0 aliphatic carbocycles. The molecule has 2 amide bonds. The third-order valence-corrected chi connectivity index (χ3v) is 4.65. The van der Waals surface area contributed by atoms with Crippen molar-refractivity contribution in [3.63, 3.8) is 0 Å². The molecule has 0 spiro atoms. The molecule has 3 aromatic carbocycles. The summed E-state index contributed by atoms with van der Waals surface area (Å²) in [6, 6.07) is 22.2. The van der Waals surface area contributed by atoms with Gasteiger partial charge in [0.15, 0.2) is 5.11 Å². The van der Waals surface area contributed by atoms with E-state index in [2.05, 4.69) is 20.9 Å². The molecule has 0 aliphatic heterocycles. The number of benzene rings is 3. The zero-order chi connectivity index (χ0) is 23.6. The van der Waals surface area contributed by atoms with Crippen molar-refractivity contribution in [1.82, 2.24) is 16.2 Å². The summed E-state index contributed by atoms with van der Waals surface area (Å²) in [6.07, 6.45) is 0. The number of hydrazine groups is 1. The molecule has 0 aromatic heterocycles. The molecule has 9 heteroatoms. The van der Waals surface area contributed by atoms with Crippen molar-refractivity contribution in [3.8, 4) is 5.75 Å². The minimum absolute atomic E-state index is 0.0896. The van der Waals surface area contributed by atoms with E-state index in [1.54, 1.807) is 24.3 Å². The number of carbonyl (C=O) groups is 3. The van der Waals surface area contributed by atoms with Crippen LogP contribution in [0.5, 0.6) is 5.75 Å². The molecule has 0 aliphatic rings. The molecule has 0 saturated carbocycles. The monoisotopic (exact) mass is 463 g/mol. The molecule has 3 aromatic rings. The number of carbonyl (C=O) groups excluding carboxylic acids is 3. The van der Waals surface area contributed by atoms with Crippen LogP contribution in [0.25, 0.3) is 0 Å². The normalized spacial score (nSPS) is 9.97. The van der Waals surface area contributed by atoms with Gasteiger partial charge < -0.3 is 9.47 Å². The van der Waals surface area contributed by atoms with Crippen LogP contribution in [0.4, 0.5) is 0 Å². The van der Waals surface area contributed by atoms with Gasteiger partial charge in [-0.05, 0) is 66.3 Å². The van der Waals surface area contributed by atoms with Crippen molar-refractivity contribution in [1.29, 1.82) is 0 Å². The fourth-order valence-electron chi connectivity index (χ4n) is 2.71. The Kier molecular flexibility index (Phi) is 8.09. The van der Waals surface area contributed by atoms with Gasteiger partial charge in [-0.2, -0.15) is 0 Å². The lowest BCUT2D eigenvalue weighted by molar-refractivity contribution is 0.0600. The van der Waals surface area contributed by atoms with Crippen molar-refractivity contribution in [2.75, 3.05) is 7.11 Å². The van der Waals surface area contributed by atoms with Crippen LogP contribution < -0.4 is 20.9 Å². The Hall–Kier alpha value is -4.24. The van der Waals surface area contributed by atoms with E-state index in [9.17, 15) is 14.4 Å². The van der Waals surface area contributed by atoms with Crippen LogP contribution in [-0.2, 0) is 11.3 Å². The molecule has 33 heavy (non-hydrogen) atoms. The van der Waals surface area contributed by atoms with Gasteiger partial charge in [-0.25, -0.2) is 4.79 Å². The maximum Gasteiger partial charge on any atom is 0.337 e. The standard InChI is InChI=1S/C24H21N3O5S/c1-31-23(30)19-9-7-17(8-10-19)21(28)25-24(33)27-26-22(29)18-11-13-20(14-12-18)32-15-16-5-3-2-4-6-16/h2-14H,15H2,1H3,(H,26,29)(H2,25,27,28,33). The first-order valence-corrected chi connectivity index (χ1v) is 10.2. The Balaban J connectivity index is 1.45. The number of amides is 2. The van der Waals surface area contributed by atoms with E-state index in [0.29, 0.717) is 23.5 Å². The summed E-state index contributed by atoms with van der Waals surface area (Å²) in [7, 11) is 1.27. The number of rotatable bonds is 6. The molecule has 0 unspecified atom stereocenters. The highest BCUT2D eigenvalue weighted by molar-refractivity contribution is 7.80. The molecule has 0 heterocycles. The molecule has 0 fully saturated rings. The van der Waals surface area contributed by atoms with Crippen molar-refractivity contribution < 1.29 is 23.9 Å². The van der Waals surface area contributed by atoms with E-state index in [0.717, 1.165) is 5.56 Å². The van der Waals surface area contributed by atoms with E-state index in [-0.39, 0.29) is 10.7 Å². The number of esters is 1. The SMILES string of the molecule is COC(=O)c1ccc(C(=O)NC(=S)NNC(=O)c2ccc(OCc3ccccc3)cc2)cc1. The summed E-state index contributed by atoms with van der Waals surface area (Å²) in [5.41, 5.74) is 6.91. The van der Waals surface area contributed by atoms with Crippen molar-refractivity contribution in [2.24, 2.45) is 0 Å². The Labute approximate surface area is 195 Å². The largest absolute Gasteiger partial charge is 0.489 e. The highest BCUT2D eigenvalue weighted by Gasteiger charge is 2.11. The lowest BCUT2D eigenvalue weighted by Gasteiger charge is -2.11. The number of ether oxygens (including phenoxy) is 2. The molecule has 0 atom stereocenters. The second-order valence-corrected chi connectivity index (χ2v) is 7.14. The van der Waals surface area contributed by atoms with Crippen LogP contribution in [-0.4, -0.2) is 30.0 Å². The molecule has 0 saturated heterocycles. The Morgan fingerprint density at radius 2 is 1.33 bits per heavy atom. The maximum absolute atomic E-state index is 12.3. The highest BCUT2D eigenvalue weighted by atomic mass is 32.1. The van der Waals surface area contributed by atoms with E-state index < -0.39 is 17.8 Å². The average molecular weight is 464 g/mol. The van der Waals surface area contributed by atoms with Crippen molar-refractivity contribution in [3.05, 3.63) is 101 Å². The van der Waals surface area contributed by atoms with Gasteiger partial charge in [0.05, 0.1) is 12.7 Å². The number of thiocarbonyl (C=S) groups is 1. The lowest BCUT2D eigenvalue weighted by atomic mass is 10.1. The molecule has 0 radical (unpaired) electrons. The number of methoxy groups -OCH3 is 1. The Morgan fingerprint density at radius 1 is 0.758 bits per heavy atom. The van der Waals surface area contributed by atoms with Crippen LogP contribution >= 0.6 is 12.2 Å². The first-order valence-electron chi connectivity index (χ1n) is 9.83. The number of hydrogen-bond acceptors (Lipinski definition) is 6. The highest BCUT2D eigenvalue weighted by Crippen LogP contribution is 2.14. The zero-order valence-corrected chi connectivity index (χ0v) is 18.5. The lowest BCUT2D eigenvalue weighted by Crippen LogP contribution is -2.48. The van der Waals surface area contributed by atoms with E-state index >= 15 is 0 Å². The Bertz CT molecular complexity index is 1130. The van der Waals surface area contributed by atoms with Crippen molar-refractivity contribution in [2.45, 2.75) is 6.61 Å². The summed E-state index contributed by atoms with van der Waals surface area (Å²) >= 11 is 5.03. The first-order chi connectivity index (χ1) is 16.0. The van der Waals surface area contributed by atoms with E-state index in [1.807, 2.05) is 30.3 Å². The first kappa shape index (κ1) is 23.4. The third kappa shape index (κ3) is 6.88. The van der Waals surface area contributed by atoms with Gasteiger partial charge in [-0.1, -0.05) is 30.3 Å². The van der Waals surface area contributed by atoms with Gasteiger partial charge in [0.2, 0.25) is 0 Å². The van der Waals surface area contributed by atoms with Crippen molar-refractivity contribution >= 4 is 35.1 Å². The molecule has 0 bridgehead atoms. The van der Waals surface area contributed by atoms with Gasteiger partial charge in [0.1, 0.15) is 12.4 Å².